The minimum absolute atomic E-state index is 0.150. The topological polar surface area (TPSA) is 58.4 Å². The molecule has 1 amide bonds. The van der Waals surface area contributed by atoms with Crippen LogP contribution in [0.5, 0.6) is 0 Å². The van der Waals surface area contributed by atoms with Crippen molar-refractivity contribution in [1.29, 1.82) is 0 Å². The predicted octanol–water partition coefficient (Wildman–Crippen LogP) is 0.324. The molecule has 3 N–H and O–H groups in total. The average molecular weight is 225 g/mol. The van der Waals surface area contributed by atoms with Crippen molar-refractivity contribution in [1.82, 2.24) is 10.2 Å². The summed E-state index contributed by atoms with van der Waals surface area (Å²) in [6, 6.07) is 0.394. The quantitative estimate of drug-likeness (QED) is 0.684. The number of nitrogens with two attached hydrogens (primary N) is 1. The Kier molecular flexibility index (Phi) is 3.82. The van der Waals surface area contributed by atoms with Gasteiger partial charge < -0.3 is 16.0 Å². The average Bonchev–Trinajstić information content (AvgIpc) is 2.95. The van der Waals surface area contributed by atoms with Gasteiger partial charge in [0.1, 0.15) is 0 Å². The van der Waals surface area contributed by atoms with Gasteiger partial charge in [-0.15, -0.1) is 0 Å². The van der Waals surface area contributed by atoms with Gasteiger partial charge in [0.25, 0.3) is 0 Å². The maximum atomic E-state index is 11.3. The standard InChI is InChI=1S/C12H23N3O/c1-2-9-5-6-15(7-9)8-11(12(13)16)14-10-3-4-10/h9-11,14H,2-8H2,1H3,(H2,13,16). The van der Waals surface area contributed by atoms with E-state index in [1.54, 1.807) is 0 Å². The lowest BCUT2D eigenvalue weighted by molar-refractivity contribution is -0.120. The first-order valence-corrected chi connectivity index (χ1v) is 6.46. The molecular weight excluding hydrogens is 202 g/mol. The Labute approximate surface area is 97.6 Å². The van der Waals surface area contributed by atoms with E-state index in [2.05, 4.69) is 17.1 Å². The summed E-state index contributed by atoms with van der Waals surface area (Å²) in [7, 11) is 0. The number of nitrogens with zero attached hydrogens (tertiary/aromatic N) is 1. The fourth-order valence-corrected chi connectivity index (χ4v) is 2.43. The summed E-state index contributed by atoms with van der Waals surface area (Å²) in [4.78, 5) is 13.7. The number of nitrogens with one attached hydrogen (secondary N) is 1. The molecule has 0 aromatic rings. The Balaban J connectivity index is 1.78. The van der Waals surface area contributed by atoms with E-state index in [-0.39, 0.29) is 11.9 Å². The number of amides is 1. The summed E-state index contributed by atoms with van der Waals surface area (Å²) < 4.78 is 0. The number of primary amides is 1. The molecule has 1 aliphatic carbocycles. The van der Waals surface area contributed by atoms with Crippen LogP contribution in [0.1, 0.15) is 32.6 Å². The Bertz CT molecular complexity index is 253. The summed E-state index contributed by atoms with van der Waals surface area (Å²) >= 11 is 0. The van der Waals surface area contributed by atoms with E-state index >= 15 is 0 Å². The van der Waals surface area contributed by atoms with Crippen molar-refractivity contribution in [2.24, 2.45) is 11.7 Å². The zero-order valence-corrected chi connectivity index (χ0v) is 10.1. The third-order valence-electron chi connectivity index (χ3n) is 3.75. The second-order valence-electron chi connectivity index (χ2n) is 5.22. The molecule has 1 aliphatic heterocycles. The number of hydrogen-bond acceptors (Lipinski definition) is 3. The third-order valence-corrected chi connectivity index (χ3v) is 3.75. The number of rotatable bonds is 6. The van der Waals surface area contributed by atoms with Crippen LogP contribution < -0.4 is 11.1 Å². The van der Waals surface area contributed by atoms with Crippen molar-refractivity contribution in [3.05, 3.63) is 0 Å². The summed E-state index contributed by atoms with van der Waals surface area (Å²) in [5.41, 5.74) is 5.43. The molecule has 1 saturated heterocycles. The smallest absolute Gasteiger partial charge is 0.235 e. The van der Waals surface area contributed by atoms with Crippen LogP contribution in [0.15, 0.2) is 0 Å². The summed E-state index contributed by atoms with van der Waals surface area (Å²) in [6.45, 7) is 5.28. The lowest BCUT2D eigenvalue weighted by Gasteiger charge is -2.22. The highest BCUT2D eigenvalue weighted by Gasteiger charge is 2.30. The lowest BCUT2D eigenvalue weighted by atomic mass is 10.1. The van der Waals surface area contributed by atoms with E-state index < -0.39 is 0 Å². The number of hydrogen-bond donors (Lipinski definition) is 2. The van der Waals surface area contributed by atoms with Gasteiger partial charge in [-0.25, -0.2) is 0 Å². The fourth-order valence-electron chi connectivity index (χ4n) is 2.43. The zero-order valence-electron chi connectivity index (χ0n) is 10.1. The van der Waals surface area contributed by atoms with Gasteiger partial charge in [0.05, 0.1) is 6.04 Å². The highest BCUT2D eigenvalue weighted by molar-refractivity contribution is 5.80. The molecule has 4 nitrogen and oxygen atoms in total. The first kappa shape index (κ1) is 11.9. The van der Waals surface area contributed by atoms with E-state index in [4.69, 9.17) is 5.73 Å². The maximum Gasteiger partial charge on any atom is 0.235 e. The molecule has 1 heterocycles. The summed E-state index contributed by atoms with van der Waals surface area (Å²) in [5.74, 6) is 0.612. The molecule has 16 heavy (non-hydrogen) atoms. The van der Waals surface area contributed by atoms with Crippen molar-refractivity contribution >= 4 is 5.91 Å². The van der Waals surface area contributed by atoms with Crippen molar-refractivity contribution in [2.75, 3.05) is 19.6 Å². The van der Waals surface area contributed by atoms with E-state index in [1.807, 2.05) is 0 Å². The summed E-state index contributed by atoms with van der Waals surface area (Å²) in [5, 5.41) is 3.33. The maximum absolute atomic E-state index is 11.3. The van der Waals surface area contributed by atoms with Gasteiger partial charge in [-0.05, 0) is 31.7 Å². The SMILES string of the molecule is CCC1CCN(CC(NC2CC2)C(N)=O)C1. The van der Waals surface area contributed by atoms with Gasteiger partial charge in [0, 0.05) is 19.1 Å². The molecule has 1 saturated carbocycles. The van der Waals surface area contributed by atoms with Crippen LogP contribution in [-0.4, -0.2) is 42.5 Å². The lowest BCUT2D eigenvalue weighted by Crippen LogP contribution is -2.49. The Morgan fingerprint density at radius 2 is 2.25 bits per heavy atom. The second-order valence-corrected chi connectivity index (χ2v) is 5.22. The van der Waals surface area contributed by atoms with Gasteiger partial charge >= 0.3 is 0 Å². The minimum Gasteiger partial charge on any atom is -0.368 e. The highest BCUT2D eigenvalue weighted by atomic mass is 16.1. The predicted molar refractivity (Wildman–Crippen MR) is 64.0 cm³/mol. The van der Waals surface area contributed by atoms with Crippen molar-refractivity contribution < 1.29 is 4.79 Å². The molecule has 0 aromatic carbocycles. The fraction of sp³-hybridized carbons (Fsp3) is 0.917. The number of carbonyl (C=O) groups is 1. The van der Waals surface area contributed by atoms with E-state index in [1.165, 1.54) is 25.7 Å². The van der Waals surface area contributed by atoms with E-state index in [9.17, 15) is 4.79 Å². The van der Waals surface area contributed by atoms with Crippen LogP contribution in [0.3, 0.4) is 0 Å². The molecule has 92 valence electrons. The van der Waals surface area contributed by atoms with Crippen LogP contribution in [-0.2, 0) is 4.79 Å². The Hall–Kier alpha value is -0.610. The van der Waals surface area contributed by atoms with Crippen LogP contribution in [0.2, 0.25) is 0 Å². The molecule has 2 rings (SSSR count). The van der Waals surface area contributed by atoms with Crippen molar-refractivity contribution in [3.63, 3.8) is 0 Å². The van der Waals surface area contributed by atoms with Gasteiger partial charge in [-0.3, -0.25) is 4.79 Å². The molecule has 0 aromatic heterocycles. The van der Waals surface area contributed by atoms with Gasteiger partial charge in [-0.2, -0.15) is 0 Å². The molecule has 2 fully saturated rings. The summed E-state index contributed by atoms with van der Waals surface area (Å²) in [6.07, 6.45) is 4.90. The Morgan fingerprint density at radius 3 is 2.75 bits per heavy atom. The molecule has 0 bridgehead atoms. The molecular formula is C12H23N3O. The van der Waals surface area contributed by atoms with Gasteiger partial charge in [-0.1, -0.05) is 13.3 Å². The largest absolute Gasteiger partial charge is 0.368 e. The van der Waals surface area contributed by atoms with Crippen LogP contribution in [0.4, 0.5) is 0 Å². The van der Waals surface area contributed by atoms with Gasteiger partial charge in [0.15, 0.2) is 0 Å². The van der Waals surface area contributed by atoms with Crippen molar-refractivity contribution in [3.8, 4) is 0 Å². The van der Waals surface area contributed by atoms with Gasteiger partial charge in [0.2, 0.25) is 5.91 Å². The normalized spacial score (nSPS) is 28.2. The number of likely N-dealkylation sites (tertiary alicyclic amines) is 1. The van der Waals surface area contributed by atoms with Crippen LogP contribution in [0, 0.1) is 5.92 Å². The first-order valence-electron chi connectivity index (χ1n) is 6.46. The minimum atomic E-state index is -0.202. The molecule has 4 heteroatoms. The van der Waals surface area contributed by atoms with E-state index in [0.717, 1.165) is 25.6 Å². The Morgan fingerprint density at radius 1 is 1.50 bits per heavy atom. The van der Waals surface area contributed by atoms with E-state index in [0.29, 0.717) is 6.04 Å². The third kappa shape index (κ3) is 3.19. The van der Waals surface area contributed by atoms with Crippen LogP contribution >= 0.6 is 0 Å². The second kappa shape index (κ2) is 5.15. The van der Waals surface area contributed by atoms with Crippen LogP contribution in [0.25, 0.3) is 0 Å². The highest BCUT2D eigenvalue weighted by Crippen LogP contribution is 2.21. The molecule has 0 radical (unpaired) electrons. The molecule has 2 aliphatic rings. The number of carbonyl (C=O) groups excluding carboxylic acids is 1. The zero-order chi connectivity index (χ0) is 11.5. The first-order chi connectivity index (χ1) is 7.69. The monoisotopic (exact) mass is 225 g/mol. The molecule has 2 atom stereocenters. The molecule has 2 unspecified atom stereocenters. The van der Waals surface area contributed by atoms with Crippen molar-refractivity contribution in [2.45, 2.75) is 44.7 Å². The molecule has 0 spiro atoms.